The lowest BCUT2D eigenvalue weighted by molar-refractivity contribution is -0.152. The van der Waals surface area contributed by atoms with E-state index in [0.29, 0.717) is 17.8 Å². The van der Waals surface area contributed by atoms with Gasteiger partial charge >= 0.3 is 12.1 Å². The normalized spacial score (nSPS) is 34.2. The number of hydrogen-bond acceptors (Lipinski definition) is 5. The number of alkyl carbamates (subject to hydrolysis) is 1. The minimum Gasteiger partial charge on any atom is -0.460 e. The summed E-state index contributed by atoms with van der Waals surface area (Å²) in [4.78, 5) is 29.4. The van der Waals surface area contributed by atoms with E-state index in [1.54, 1.807) is 20.8 Å². The molecule has 2 saturated carbocycles. The van der Waals surface area contributed by atoms with Crippen molar-refractivity contribution in [2.75, 3.05) is 0 Å². The van der Waals surface area contributed by atoms with Gasteiger partial charge in [0.05, 0.1) is 0 Å². The number of hydrogen-bond donors (Lipinski definition) is 1. The Morgan fingerprint density at radius 2 is 1.90 bits per heavy atom. The molecule has 0 radical (unpaired) electrons. The van der Waals surface area contributed by atoms with Crippen LogP contribution in [0.1, 0.15) is 85.1 Å². The van der Waals surface area contributed by atoms with Gasteiger partial charge in [-0.3, -0.25) is 10.3 Å². The molecule has 0 bridgehead atoms. The molecule has 208 valence electrons. The van der Waals surface area contributed by atoms with Crippen LogP contribution in [0.15, 0.2) is 42.3 Å². The van der Waals surface area contributed by atoms with E-state index in [0.717, 1.165) is 32.1 Å². The molecular weight excluding hydrogens is 488 g/mol. The van der Waals surface area contributed by atoms with E-state index in [-0.39, 0.29) is 16.9 Å². The lowest BCUT2D eigenvalue weighted by atomic mass is 9.47. The molecule has 0 saturated heterocycles. The second kappa shape index (κ2) is 10.2. The highest BCUT2D eigenvalue weighted by Crippen LogP contribution is 2.66. The summed E-state index contributed by atoms with van der Waals surface area (Å²) < 4.78 is 11.1. The summed E-state index contributed by atoms with van der Waals surface area (Å²) in [6.45, 7) is 10.2. The van der Waals surface area contributed by atoms with E-state index in [2.05, 4.69) is 48.3 Å². The Morgan fingerprint density at radius 1 is 1.13 bits per heavy atom. The molecule has 1 aromatic heterocycles. The molecule has 0 aromatic carbocycles. The zero-order valence-corrected chi connectivity index (χ0v) is 24.0. The molecule has 39 heavy (non-hydrogen) atoms. The van der Waals surface area contributed by atoms with Crippen LogP contribution in [0.5, 0.6) is 0 Å². The minimum absolute atomic E-state index is 0.129. The molecule has 0 spiro atoms. The molecule has 7 atom stereocenters. The van der Waals surface area contributed by atoms with Crippen LogP contribution in [0.25, 0.3) is 5.57 Å². The Balaban J connectivity index is 1.25. The van der Waals surface area contributed by atoms with Gasteiger partial charge in [-0.25, -0.2) is 9.59 Å². The fraction of sp³-hybridized carbons (Fsp3) is 0.606. The van der Waals surface area contributed by atoms with Gasteiger partial charge in [-0.05, 0) is 105 Å². The van der Waals surface area contributed by atoms with Gasteiger partial charge in [0.2, 0.25) is 0 Å². The zero-order valence-electron chi connectivity index (χ0n) is 24.0. The largest absolute Gasteiger partial charge is 0.460 e. The summed E-state index contributed by atoms with van der Waals surface area (Å²) in [5, 5.41) is 2.46. The first-order chi connectivity index (χ1) is 18.4. The zero-order chi connectivity index (χ0) is 28.0. The maximum atomic E-state index is 12.9. The van der Waals surface area contributed by atoms with E-state index in [1.807, 2.05) is 18.5 Å². The number of fused-ring (bicyclic) bond motifs is 5. The SMILES string of the molecule is C#CC(NC(=O)OC(C)(C)C)C(=O)O[C@H]1CC[C@@]2(C)C(=CC[C@@H]3[C@@H]2CC[C@]2(C)C(c4cccnc4)=CC[C@@H]32)C1. The van der Waals surface area contributed by atoms with E-state index in [9.17, 15) is 9.59 Å². The predicted octanol–water partition coefficient (Wildman–Crippen LogP) is 6.48. The smallest absolute Gasteiger partial charge is 0.409 e. The van der Waals surface area contributed by atoms with Gasteiger partial charge < -0.3 is 9.47 Å². The van der Waals surface area contributed by atoms with Gasteiger partial charge in [0, 0.05) is 18.8 Å². The number of aromatic nitrogens is 1. The highest BCUT2D eigenvalue weighted by molar-refractivity contribution is 5.84. The van der Waals surface area contributed by atoms with Gasteiger partial charge in [0.25, 0.3) is 0 Å². The molecule has 5 rings (SSSR count). The molecule has 6 nitrogen and oxygen atoms in total. The quantitative estimate of drug-likeness (QED) is 0.274. The first kappa shape index (κ1) is 27.5. The van der Waals surface area contributed by atoms with E-state index < -0.39 is 23.7 Å². The highest BCUT2D eigenvalue weighted by atomic mass is 16.6. The van der Waals surface area contributed by atoms with Crippen molar-refractivity contribution < 1.29 is 19.1 Å². The van der Waals surface area contributed by atoms with Crippen LogP contribution in [0.3, 0.4) is 0 Å². The Bertz CT molecular complexity index is 1220. The van der Waals surface area contributed by atoms with E-state index in [1.165, 1.54) is 29.6 Å². The molecule has 1 N–H and O–H groups in total. The van der Waals surface area contributed by atoms with Crippen LogP contribution in [0.2, 0.25) is 0 Å². The molecular formula is C33H42N2O4. The number of terminal acetylenes is 1. The third-order valence-corrected chi connectivity index (χ3v) is 9.96. The van der Waals surface area contributed by atoms with Gasteiger partial charge in [-0.15, -0.1) is 6.42 Å². The summed E-state index contributed by atoms with van der Waals surface area (Å²) >= 11 is 0. The standard InChI is InChI=1S/C33H42N2O4/c1-7-28(35-30(37)39-31(2,3)4)29(36)38-23-14-16-32(5)22(19-23)10-11-24-26-13-12-25(21-9-8-18-34-20-21)33(26,6)17-15-27(24)32/h1,8-10,12,18,20,23-24,26-28H,11,13-17,19H2,2-6H3,(H,35,37)/t23-,24-,26-,27-,28?,32-,33+/m0/s1. The summed E-state index contributed by atoms with van der Waals surface area (Å²) in [6.07, 6.45) is 20.5. The lowest BCUT2D eigenvalue weighted by Crippen LogP contribution is -2.50. The minimum atomic E-state index is -1.17. The Hall–Kier alpha value is -3.07. The number of nitrogens with one attached hydrogen (secondary N) is 1. The molecule has 4 aliphatic carbocycles. The monoisotopic (exact) mass is 530 g/mol. The number of allylic oxidation sites excluding steroid dienone is 3. The summed E-state index contributed by atoms with van der Waals surface area (Å²) in [5.41, 5.74) is 3.82. The fourth-order valence-electron chi connectivity index (χ4n) is 8.09. The number of pyridine rings is 1. The maximum Gasteiger partial charge on any atom is 0.409 e. The summed E-state index contributed by atoms with van der Waals surface area (Å²) in [6, 6.07) is 3.08. The molecule has 1 heterocycles. The number of nitrogens with zero attached hydrogens (tertiary/aromatic N) is 1. The van der Waals surface area contributed by atoms with Gasteiger partial charge in [0.1, 0.15) is 11.7 Å². The number of carbonyl (C=O) groups is 2. The van der Waals surface area contributed by atoms with Gasteiger partial charge in [-0.2, -0.15) is 0 Å². The number of rotatable bonds is 4. The topological polar surface area (TPSA) is 77.5 Å². The van der Waals surface area contributed by atoms with Crippen molar-refractivity contribution in [3.05, 3.63) is 47.8 Å². The first-order valence-corrected chi connectivity index (χ1v) is 14.4. The van der Waals surface area contributed by atoms with Gasteiger partial charge in [0.15, 0.2) is 6.04 Å². The Labute approximate surface area is 233 Å². The third kappa shape index (κ3) is 5.13. The van der Waals surface area contributed by atoms with Crippen LogP contribution in [0, 0.1) is 40.9 Å². The van der Waals surface area contributed by atoms with Crippen molar-refractivity contribution >= 4 is 17.6 Å². The van der Waals surface area contributed by atoms with Crippen LogP contribution in [0.4, 0.5) is 4.79 Å². The maximum absolute atomic E-state index is 12.9. The first-order valence-electron chi connectivity index (χ1n) is 14.4. The highest BCUT2D eigenvalue weighted by Gasteiger charge is 2.57. The van der Waals surface area contributed by atoms with Crippen molar-refractivity contribution in [1.29, 1.82) is 0 Å². The second-order valence-corrected chi connectivity index (χ2v) is 13.4. The van der Waals surface area contributed by atoms with Crippen molar-refractivity contribution in [1.82, 2.24) is 10.3 Å². The van der Waals surface area contributed by atoms with E-state index in [4.69, 9.17) is 15.9 Å². The summed E-state index contributed by atoms with van der Waals surface area (Å²) in [5.74, 6) is 3.69. The van der Waals surface area contributed by atoms with Crippen LogP contribution in [-0.4, -0.2) is 34.8 Å². The Kier molecular flexibility index (Phi) is 7.16. The molecule has 2 fully saturated rings. The number of carbonyl (C=O) groups excluding carboxylic acids is 2. The Morgan fingerprint density at radius 3 is 2.59 bits per heavy atom. The third-order valence-electron chi connectivity index (χ3n) is 9.96. The average Bonchev–Trinajstić information content (AvgIpc) is 3.24. The van der Waals surface area contributed by atoms with Crippen molar-refractivity contribution in [2.45, 2.75) is 97.3 Å². The molecule has 1 aromatic rings. The molecule has 1 amide bonds. The van der Waals surface area contributed by atoms with Crippen LogP contribution < -0.4 is 5.32 Å². The van der Waals surface area contributed by atoms with Crippen molar-refractivity contribution in [2.24, 2.45) is 28.6 Å². The fourth-order valence-corrected chi connectivity index (χ4v) is 8.09. The molecule has 1 unspecified atom stereocenters. The van der Waals surface area contributed by atoms with Crippen LogP contribution in [-0.2, 0) is 14.3 Å². The lowest BCUT2D eigenvalue weighted by Gasteiger charge is -2.57. The van der Waals surface area contributed by atoms with Crippen molar-refractivity contribution in [3.8, 4) is 12.3 Å². The molecule has 6 heteroatoms. The van der Waals surface area contributed by atoms with E-state index >= 15 is 0 Å². The second-order valence-electron chi connectivity index (χ2n) is 13.4. The average molecular weight is 531 g/mol. The molecule has 0 aliphatic heterocycles. The predicted molar refractivity (Wildman–Crippen MR) is 151 cm³/mol. The van der Waals surface area contributed by atoms with Crippen LogP contribution >= 0.6 is 0 Å². The number of esters is 1. The number of ether oxygens (including phenoxy) is 2. The van der Waals surface area contributed by atoms with Gasteiger partial charge in [-0.1, -0.05) is 43.6 Å². The molecule has 4 aliphatic rings. The summed E-state index contributed by atoms with van der Waals surface area (Å²) in [7, 11) is 0. The van der Waals surface area contributed by atoms with Crippen molar-refractivity contribution in [3.63, 3.8) is 0 Å². The number of amides is 1.